The van der Waals surface area contributed by atoms with E-state index in [0.717, 1.165) is 11.1 Å². The molecule has 1 aliphatic rings. The highest BCUT2D eigenvalue weighted by Gasteiger charge is 2.33. The van der Waals surface area contributed by atoms with Crippen molar-refractivity contribution in [1.82, 2.24) is 24.9 Å². The summed E-state index contributed by atoms with van der Waals surface area (Å²) in [7, 11) is 3.86. The lowest BCUT2D eigenvalue weighted by molar-refractivity contribution is -0.111. The second-order valence-corrected chi connectivity index (χ2v) is 9.64. The van der Waals surface area contributed by atoms with Crippen LogP contribution in [0.1, 0.15) is 16.8 Å². The number of nitrogens with zero attached hydrogens (tertiary/aromatic N) is 6. The van der Waals surface area contributed by atoms with Crippen molar-refractivity contribution in [3.05, 3.63) is 96.0 Å². The molecule has 3 heterocycles. The molecular weight excluding hydrogens is 508 g/mol. The summed E-state index contributed by atoms with van der Waals surface area (Å²) in [5.41, 5.74) is 4.19. The zero-order valence-electron chi connectivity index (χ0n) is 22.5. The summed E-state index contributed by atoms with van der Waals surface area (Å²) in [5.74, 6) is 0.498. The molecule has 2 aromatic carbocycles. The van der Waals surface area contributed by atoms with Crippen LogP contribution in [0.25, 0.3) is 0 Å². The van der Waals surface area contributed by atoms with E-state index in [1.54, 1.807) is 47.2 Å². The average Bonchev–Trinajstić information content (AvgIpc) is 3.33. The van der Waals surface area contributed by atoms with Crippen molar-refractivity contribution < 1.29 is 14.1 Å². The van der Waals surface area contributed by atoms with E-state index in [1.165, 1.54) is 12.3 Å². The zero-order chi connectivity index (χ0) is 28.1. The summed E-state index contributed by atoms with van der Waals surface area (Å²) in [6.07, 6.45) is 6.47. The molecule has 4 aromatic rings. The van der Waals surface area contributed by atoms with Crippen LogP contribution in [0, 0.1) is 6.92 Å². The molecular formula is C29H30N8O3. The van der Waals surface area contributed by atoms with Crippen LogP contribution in [0.5, 0.6) is 0 Å². The summed E-state index contributed by atoms with van der Waals surface area (Å²) < 4.78 is 5.01. The largest absolute Gasteiger partial charge is 0.362 e. The number of urea groups is 1. The smallest absolute Gasteiger partial charge is 0.330 e. The number of fused-ring (bicyclic) bond motifs is 1. The van der Waals surface area contributed by atoms with Crippen molar-refractivity contribution in [3.63, 3.8) is 0 Å². The minimum Gasteiger partial charge on any atom is -0.362 e. The number of anilines is 5. The molecule has 40 heavy (non-hydrogen) atoms. The highest BCUT2D eigenvalue weighted by atomic mass is 16.5. The molecule has 204 valence electrons. The normalized spacial score (nSPS) is 13.2. The van der Waals surface area contributed by atoms with Crippen LogP contribution in [0.2, 0.25) is 0 Å². The van der Waals surface area contributed by atoms with Gasteiger partial charge in [-0.2, -0.15) is 4.98 Å². The maximum absolute atomic E-state index is 14.0. The molecule has 0 radical (unpaired) electrons. The van der Waals surface area contributed by atoms with Crippen LogP contribution in [-0.4, -0.2) is 57.5 Å². The van der Waals surface area contributed by atoms with Crippen molar-refractivity contribution >= 4 is 40.8 Å². The van der Waals surface area contributed by atoms with Gasteiger partial charge < -0.3 is 25.0 Å². The van der Waals surface area contributed by atoms with Crippen molar-refractivity contribution in [2.75, 3.05) is 36.2 Å². The molecule has 2 N–H and O–H groups in total. The summed E-state index contributed by atoms with van der Waals surface area (Å²) in [5, 5.41) is 9.86. The van der Waals surface area contributed by atoms with Gasteiger partial charge in [-0.15, -0.1) is 0 Å². The molecule has 11 nitrogen and oxygen atoms in total. The van der Waals surface area contributed by atoms with Crippen LogP contribution >= 0.6 is 0 Å². The Morgan fingerprint density at radius 2 is 1.98 bits per heavy atom. The summed E-state index contributed by atoms with van der Waals surface area (Å²) >= 11 is 0. The summed E-state index contributed by atoms with van der Waals surface area (Å²) in [6, 6.07) is 16.7. The van der Waals surface area contributed by atoms with Crippen molar-refractivity contribution in [3.8, 4) is 0 Å². The minimum atomic E-state index is -0.257. The number of aryl methyl sites for hydroxylation is 1. The number of aromatic nitrogens is 3. The lowest BCUT2D eigenvalue weighted by Gasteiger charge is -2.36. The van der Waals surface area contributed by atoms with Crippen LogP contribution < -0.4 is 15.5 Å². The van der Waals surface area contributed by atoms with E-state index in [-0.39, 0.29) is 11.9 Å². The number of hydrogen-bond donors (Lipinski definition) is 2. The van der Waals surface area contributed by atoms with Crippen LogP contribution in [0.4, 0.5) is 33.6 Å². The van der Waals surface area contributed by atoms with Gasteiger partial charge in [0.05, 0.1) is 12.2 Å². The Labute approximate surface area is 232 Å². The van der Waals surface area contributed by atoms with Gasteiger partial charge in [0.2, 0.25) is 11.9 Å². The molecule has 0 saturated carbocycles. The Kier molecular flexibility index (Phi) is 7.83. The number of benzene rings is 2. The number of carbonyl (C=O) groups excluding carboxylic acids is 2. The van der Waals surface area contributed by atoms with E-state index in [4.69, 9.17) is 9.51 Å². The van der Waals surface area contributed by atoms with E-state index >= 15 is 0 Å². The van der Waals surface area contributed by atoms with Gasteiger partial charge in [-0.3, -0.25) is 4.79 Å². The molecule has 0 saturated heterocycles. The third-order valence-electron chi connectivity index (χ3n) is 6.20. The maximum atomic E-state index is 14.0. The van der Waals surface area contributed by atoms with Crippen LogP contribution in [0.15, 0.2) is 83.7 Å². The number of likely N-dealkylation sites (N-methyl/N-ethyl adjacent to an activating group) is 1. The molecule has 0 unspecified atom stereocenters. The van der Waals surface area contributed by atoms with Gasteiger partial charge >= 0.3 is 6.03 Å². The van der Waals surface area contributed by atoms with Gasteiger partial charge in [0.15, 0.2) is 5.82 Å². The zero-order valence-corrected chi connectivity index (χ0v) is 22.5. The number of hydrogen-bond acceptors (Lipinski definition) is 8. The van der Waals surface area contributed by atoms with Gasteiger partial charge in [-0.25, -0.2) is 14.7 Å². The van der Waals surface area contributed by atoms with Crippen molar-refractivity contribution in [2.45, 2.75) is 20.0 Å². The Morgan fingerprint density at radius 1 is 1.15 bits per heavy atom. The molecule has 1 aliphatic heterocycles. The third kappa shape index (κ3) is 6.16. The fourth-order valence-electron chi connectivity index (χ4n) is 4.24. The standard InChI is InChI=1S/C29H30N8O3/c1-20-25(19-40-34-20)32-28-30-16-22-18-36(17-21-9-5-4-6-10-21)29(39)37(27(22)33-28)24-12-7-11-23(15-24)31-26(38)13-8-14-35(2)3/h4-13,15-16,19H,14,17-18H2,1-3H3,(H,31,38)(H,30,32,33)/b13-8+. The molecule has 5 rings (SSSR count). The van der Waals surface area contributed by atoms with Gasteiger partial charge in [0.1, 0.15) is 17.6 Å². The molecule has 0 bridgehead atoms. The second kappa shape index (κ2) is 11.8. The predicted octanol–water partition coefficient (Wildman–Crippen LogP) is 4.85. The van der Waals surface area contributed by atoms with Crippen LogP contribution in [0.3, 0.4) is 0 Å². The first-order valence-corrected chi connectivity index (χ1v) is 12.8. The van der Waals surface area contributed by atoms with E-state index < -0.39 is 0 Å². The lowest BCUT2D eigenvalue weighted by Crippen LogP contribution is -2.45. The Balaban J connectivity index is 1.48. The highest BCUT2D eigenvalue weighted by molar-refractivity contribution is 6.03. The third-order valence-corrected chi connectivity index (χ3v) is 6.20. The first-order valence-electron chi connectivity index (χ1n) is 12.8. The van der Waals surface area contributed by atoms with E-state index in [9.17, 15) is 9.59 Å². The number of nitrogens with one attached hydrogen (secondary N) is 2. The predicted molar refractivity (Wildman–Crippen MR) is 153 cm³/mol. The molecule has 0 spiro atoms. The molecule has 11 heteroatoms. The molecule has 3 amide bonds. The Bertz CT molecular complexity index is 1530. The van der Waals surface area contributed by atoms with Crippen molar-refractivity contribution in [2.24, 2.45) is 0 Å². The number of rotatable bonds is 9. The SMILES string of the molecule is Cc1nocc1Nc1ncc2c(n1)N(c1cccc(NC(=O)/C=C/CN(C)C)c1)C(=O)N(Cc1ccccc1)C2. The van der Waals surface area contributed by atoms with Gasteiger partial charge in [-0.1, -0.05) is 47.6 Å². The molecule has 2 aromatic heterocycles. The van der Waals surface area contributed by atoms with E-state index in [2.05, 4.69) is 20.8 Å². The first-order chi connectivity index (χ1) is 19.4. The molecule has 0 atom stereocenters. The van der Waals surface area contributed by atoms with Crippen LogP contribution in [-0.2, 0) is 17.9 Å². The summed E-state index contributed by atoms with van der Waals surface area (Å²) in [4.78, 5) is 40.9. The fourth-order valence-corrected chi connectivity index (χ4v) is 4.24. The Hall–Kier alpha value is -5.03. The van der Waals surface area contributed by atoms with Crippen molar-refractivity contribution in [1.29, 1.82) is 0 Å². The van der Waals surface area contributed by atoms with E-state index in [0.29, 0.717) is 54.2 Å². The lowest BCUT2D eigenvalue weighted by atomic mass is 10.1. The molecule has 0 fully saturated rings. The average molecular weight is 539 g/mol. The van der Waals surface area contributed by atoms with Gasteiger partial charge in [-0.05, 0) is 44.8 Å². The quantitative estimate of drug-likeness (QED) is 0.290. The monoisotopic (exact) mass is 538 g/mol. The summed E-state index contributed by atoms with van der Waals surface area (Å²) in [6.45, 7) is 3.22. The number of amides is 3. The second-order valence-electron chi connectivity index (χ2n) is 9.64. The first kappa shape index (κ1) is 26.6. The number of carbonyl (C=O) groups is 2. The highest BCUT2D eigenvalue weighted by Crippen LogP contribution is 2.36. The van der Waals surface area contributed by atoms with Gasteiger partial charge in [0.25, 0.3) is 0 Å². The minimum absolute atomic E-state index is 0.239. The fraction of sp³-hybridized carbons (Fsp3) is 0.207. The Morgan fingerprint density at radius 3 is 2.73 bits per heavy atom. The molecule has 0 aliphatic carbocycles. The van der Waals surface area contributed by atoms with E-state index in [1.807, 2.05) is 55.4 Å². The van der Waals surface area contributed by atoms with Gasteiger partial charge in [0, 0.05) is 36.6 Å². The topological polar surface area (TPSA) is 120 Å². The maximum Gasteiger partial charge on any atom is 0.330 e.